The lowest BCUT2D eigenvalue weighted by atomic mass is 10.0. The van der Waals surface area contributed by atoms with E-state index in [2.05, 4.69) is 11.4 Å². The average Bonchev–Trinajstić information content (AvgIpc) is 2.99. The van der Waals surface area contributed by atoms with Crippen molar-refractivity contribution < 1.29 is 10.0 Å². The van der Waals surface area contributed by atoms with Gasteiger partial charge in [0.1, 0.15) is 6.04 Å². The Morgan fingerprint density at radius 2 is 2.18 bits per heavy atom. The maximum atomic E-state index is 12.2. The first-order valence-electron chi connectivity index (χ1n) is 6.79. The average molecular weight is 357 g/mol. The van der Waals surface area contributed by atoms with Crippen LogP contribution in [0.2, 0.25) is 10.0 Å². The highest BCUT2D eigenvalue weighted by atomic mass is 35.5. The molecule has 4 nitrogen and oxygen atoms in total. The fourth-order valence-electron chi connectivity index (χ4n) is 2.79. The lowest BCUT2D eigenvalue weighted by molar-refractivity contribution is -0.135. The molecule has 0 radical (unpaired) electrons. The monoisotopic (exact) mass is 356 g/mol. The summed E-state index contributed by atoms with van der Waals surface area (Å²) in [5, 5.41) is 11.9. The van der Waals surface area contributed by atoms with Crippen molar-refractivity contribution in [1.82, 2.24) is 10.4 Å². The number of rotatable bonds is 3. The van der Waals surface area contributed by atoms with Crippen molar-refractivity contribution in [2.24, 2.45) is 0 Å². The van der Waals surface area contributed by atoms with Crippen molar-refractivity contribution in [2.75, 3.05) is 6.54 Å². The Morgan fingerprint density at radius 1 is 1.36 bits per heavy atom. The first-order chi connectivity index (χ1) is 10.6. The summed E-state index contributed by atoms with van der Waals surface area (Å²) in [4.78, 5) is 15.6. The molecule has 1 unspecified atom stereocenters. The lowest BCUT2D eigenvalue weighted by Crippen LogP contribution is -2.42. The third kappa shape index (κ3) is 2.87. The van der Waals surface area contributed by atoms with Gasteiger partial charge in [0.25, 0.3) is 5.91 Å². The summed E-state index contributed by atoms with van der Waals surface area (Å²) in [6.07, 6.45) is 0.875. The number of carbonyl (C=O) groups excluding carboxylic acids is 1. The third-order valence-corrected chi connectivity index (χ3v) is 5.69. The van der Waals surface area contributed by atoms with E-state index in [4.69, 9.17) is 28.4 Å². The molecule has 2 heterocycles. The Balaban J connectivity index is 1.98. The van der Waals surface area contributed by atoms with E-state index in [1.165, 1.54) is 10.4 Å². The molecule has 2 N–H and O–H groups in total. The largest absolute Gasteiger partial charge is 0.289 e. The van der Waals surface area contributed by atoms with E-state index in [-0.39, 0.29) is 0 Å². The van der Waals surface area contributed by atoms with Gasteiger partial charge in [0.15, 0.2) is 0 Å². The van der Waals surface area contributed by atoms with Gasteiger partial charge in [-0.15, -0.1) is 11.3 Å². The molecule has 22 heavy (non-hydrogen) atoms. The minimum Gasteiger partial charge on any atom is -0.289 e. The van der Waals surface area contributed by atoms with Crippen molar-refractivity contribution in [2.45, 2.75) is 19.0 Å². The van der Waals surface area contributed by atoms with Gasteiger partial charge in [0, 0.05) is 18.0 Å². The molecule has 0 fully saturated rings. The Hall–Kier alpha value is -1.11. The van der Waals surface area contributed by atoms with Gasteiger partial charge in [-0.05, 0) is 35.1 Å². The van der Waals surface area contributed by atoms with Crippen molar-refractivity contribution in [1.29, 1.82) is 0 Å². The van der Waals surface area contributed by atoms with E-state index < -0.39 is 11.9 Å². The van der Waals surface area contributed by atoms with Crippen LogP contribution in [0.4, 0.5) is 0 Å². The first kappa shape index (κ1) is 15.8. The fourth-order valence-corrected chi connectivity index (χ4v) is 4.09. The van der Waals surface area contributed by atoms with Gasteiger partial charge in [-0.3, -0.25) is 14.9 Å². The first-order valence-corrected chi connectivity index (χ1v) is 8.42. The smallest absolute Gasteiger partial charge is 0.265 e. The number of carbonyl (C=O) groups is 1. The fraction of sp³-hybridized carbons (Fsp3) is 0.267. The lowest BCUT2D eigenvalue weighted by Gasteiger charge is -2.33. The van der Waals surface area contributed by atoms with Crippen LogP contribution < -0.4 is 5.48 Å². The Morgan fingerprint density at radius 3 is 2.95 bits per heavy atom. The molecule has 1 amide bonds. The number of nitrogens with one attached hydrogen (secondary N) is 1. The van der Waals surface area contributed by atoms with Gasteiger partial charge >= 0.3 is 0 Å². The highest BCUT2D eigenvalue weighted by Crippen LogP contribution is 2.36. The molecule has 116 valence electrons. The number of thiophene rings is 1. The zero-order chi connectivity index (χ0) is 15.7. The maximum absolute atomic E-state index is 12.2. The number of hydroxylamine groups is 1. The Kier molecular flexibility index (Phi) is 4.70. The van der Waals surface area contributed by atoms with Gasteiger partial charge in [0.2, 0.25) is 0 Å². The van der Waals surface area contributed by atoms with Crippen LogP contribution in [0, 0.1) is 0 Å². The van der Waals surface area contributed by atoms with Gasteiger partial charge in [-0.25, -0.2) is 5.48 Å². The number of halogens is 2. The number of fused-ring (bicyclic) bond motifs is 1. The quantitative estimate of drug-likeness (QED) is 0.651. The second kappa shape index (κ2) is 6.56. The topological polar surface area (TPSA) is 52.6 Å². The van der Waals surface area contributed by atoms with Crippen LogP contribution in [0.1, 0.15) is 22.0 Å². The SMILES string of the molecule is O=C(NO)C(c1cccc(Cl)c1Cl)N1CCc2sccc2C1. The summed E-state index contributed by atoms with van der Waals surface area (Å²) >= 11 is 14.1. The molecule has 0 saturated carbocycles. The number of hydrogen-bond donors (Lipinski definition) is 2. The molecule has 1 atom stereocenters. The number of benzene rings is 1. The second-order valence-corrected chi connectivity index (χ2v) is 6.90. The van der Waals surface area contributed by atoms with Crippen LogP contribution in [-0.2, 0) is 17.8 Å². The Bertz CT molecular complexity index is 705. The predicted octanol–water partition coefficient (Wildman–Crippen LogP) is 3.66. The van der Waals surface area contributed by atoms with Crippen molar-refractivity contribution >= 4 is 40.4 Å². The van der Waals surface area contributed by atoms with Crippen LogP contribution in [0.5, 0.6) is 0 Å². The van der Waals surface area contributed by atoms with E-state index in [1.54, 1.807) is 35.0 Å². The molecule has 7 heteroatoms. The van der Waals surface area contributed by atoms with E-state index >= 15 is 0 Å². The van der Waals surface area contributed by atoms with Crippen molar-refractivity contribution in [3.05, 3.63) is 55.7 Å². The highest BCUT2D eigenvalue weighted by Gasteiger charge is 2.32. The van der Waals surface area contributed by atoms with Crippen LogP contribution >= 0.6 is 34.5 Å². The summed E-state index contributed by atoms with van der Waals surface area (Å²) in [5.74, 6) is -0.511. The highest BCUT2D eigenvalue weighted by molar-refractivity contribution is 7.10. The standard InChI is InChI=1S/C15H14Cl2N2O2S/c16-11-3-1-2-10(13(11)17)14(15(20)18-21)19-6-4-12-9(8-19)5-7-22-12/h1-3,5,7,14,21H,4,6,8H2,(H,18,20). The molecule has 1 aromatic heterocycles. The minimum absolute atomic E-state index is 0.342. The van der Waals surface area contributed by atoms with Crippen molar-refractivity contribution in [3.8, 4) is 0 Å². The summed E-state index contributed by atoms with van der Waals surface area (Å²) in [6.45, 7) is 1.36. The summed E-state index contributed by atoms with van der Waals surface area (Å²) in [6, 6.07) is 6.58. The normalized spacial score (nSPS) is 16.1. The molecule has 0 aliphatic carbocycles. The second-order valence-electron chi connectivity index (χ2n) is 5.11. The molecule has 0 spiro atoms. The van der Waals surface area contributed by atoms with Gasteiger partial charge in [0.05, 0.1) is 10.0 Å². The molecule has 1 aliphatic rings. The van der Waals surface area contributed by atoms with E-state index in [0.717, 1.165) is 6.42 Å². The number of amides is 1. The molecule has 0 bridgehead atoms. The van der Waals surface area contributed by atoms with Crippen LogP contribution in [0.15, 0.2) is 29.6 Å². The molecule has 1 aliphatic heterocycles. The summed E-state index contributed by atoms with van der Waals surface area (Å²) in [7, 11) is 0. The number of hydrogen-bond acceptors (Lipinski definition) is 4. The third-order valence-electron chi connectivity index (χ3n) is 3.84. The zero-order valence-electron chi connectivity index (χ0n) is 11.6. The van der Waals surface area contributed by atoms with E-state index in [0.29, 0.717) is 28.7 Å². The van der Waals surface area contributed by atoms with E-state index in [9.17, 15) is 4.79 Å². The van der Waals surface area contributed by atoms with Gasteiger partial charge in [-0.1, -0.05) is 35.3 Å². The number of nitrogens with zero attached hydrogens (tertiary/aromatic N) is 1. The molecular formula is C15H14Cl2N2O2S. The zero-order valence-corrected chi connectivity index (χ0v) is 13.9. The molecule has 3 rings (SSSR count). The van der Waals surface area contributed by atoms with E-state index in [1.807, 2.05) is 4.90 Å². The molecular weight excluding hydrogens is 343 g/mol. The van der Waals surface area contributed by atoms with Gasteiger partial charge < -0.3 is 0 Å². The molecule has 1 aromatic carbocycles. The maximum Gasteiger partial charge on any atom is 0.265 e. The van der Waals surface area contributed by atoms with Gasteiger partial charge in [-0.2, -0.15) is 0 Å². The molecule has 0 saturated heterocycles. The Labute approximate surface area is 142 Å². The van der Waals surface area contributed by atoms with Crippen molar-refractivity contribution in [3.63, 3.8) is 0 Å². The minimum atomic E-state index is -0.677. The molecule has 2 aromatic rings. The van der Waals surface area contributed by atoms with Crippen LogP contribution in [0.25, 0.3) is 0 Å². The summed E-state index contributed by atoms with van der Waals surface area (Å²) in [5.41, 5.74) is 3.56. The van der Waals surface area contributed by atoms with Crippen LogP contribution in [0.3, 0.4) is 0 Å². The van der Waals surface area contributed by atoms with Crippen LogP contribution in [-0.4, -0.2) is 22.6 Å². The summed E-state index contributed by atoms with van der Waals surface area (Å²) < 4.78 is 0. The predicted molar refractivity (Wildman–Crippen MR) is 87.6 cm³/mol.